The van der Waals surface area contributed by atoms with Crippen LogP contribution in [0.3, 0.4) is 0 Å². The molecule has 0 aliphatic heterocycles. The van der Waals surface area contributed by atoms with E-state index in [0.29, 0.717) is 12.1 Å². The van der Waals surface area contributed by atoms with Crippen LogP contribution in [-0.4, -0.2) is 31.8 Å². The molecule has 0 bridgehead atoms. The summed E-state index contributed by atoms with van der Waals surface area (Å²) in [6.45, 7) is 1.74. The molecule has 0 fully saturated rings. The Morgan fingerprint density at radius 3 is 2.59 bits per heavy atom. The molecule has 1 unspecified atom stereocenters. The first-order valence-electron chi connectivity index (χ1n) is 5.14. The zero-order chi connectivity index (χ0) is 13.1. The molecule has 17 heavy (non-hydrogen) atoms. The average molecular weight is 257 g/mol. The van der Waals surface area contributed by atoms with Crippen molar-refractivity contribution in [1.29, 1.82) is 0 Å². The van der Waals surface area contributed by atoms with E-state index in [-0.39, 0.29) is 4.90 Å². The molecule has 1 rings (SSSR count). The van der Waals surface area contributed by atoms with Crippen molar-refractivity contribution in [2.24, 2.45) is 0 Å². The molecule has 0 saturated carbocycles. The minimum Gasteiger partial charge on any atom is -0.480 e. The third-order valence-corrected chi connectivity index (χ3v) is 3.42. The van der Waals surface area contributed by atoms with Crippen LogP contribution in [0, 0.1) is 0 Å². The van der Waals surface area contributed by atoms with Crippen molar-refractivity contribution in [3.8, 4) is 0 Å². The van der Waals surface area contributed by atoms with E-state index >= 15 is 0 Å². The Kier molecular flexibility index (Phi) is 4.11. The first-order chi connectivity index (χ1) is 7.84. The van der Waals surface area contributed by atoms with E-state index in [1.807, 2.05) is 0 Å². The van der Waals surface area contributed by atoms with Crippen molar-refractivity contribution in [3.05, 3.63) is 24.3 Å². The molecular formula is C11H15NO4S. The van der Waals surface area contributed by atoms with Gasteiger partial charge in [0.1, 0.15) is 6.04 Å². The molecule has 1 atom stereocenters. The van der Waals surface area contributed by atoms with Crippen LogP contribution in [0.15, 0.2) is 29.2 Å². The van der Waals surface area contributed by atoms with Crippen molar-refractivity contribution in [2.45, 2.75) is 24.3 Å². The minimum absolute atomic E-state index is 0.169. The van der Waals surface area contributed by atoms with Gasteiger partial charge in [-0.15, -0.1) is 0 Å². The van der Waals surface area contributed by atoms with Gasteiger partial charge in [0.05, 0.1) is 4.90 Å². The summed E-state index contributed by atoms with van der Waals surface area (Å²) in [6.07, 6.45) is 1.53. The van der Waals surface area contributed by atoms with Crippen LogP contribution >= 0.6 is 0 Å². The van der Waals surface area contributed by atoms with Gasteiger partial charge in [-0.05, 0) is 24.6 Å². The van der Waals surface area contributed by atoms with E-state index < -0.39 is 21.8 Å². The van der Waals surface area contributed by atoms with E-state index in [1.165, 1.54) is 12.1 Å². The molecule has 94 valence electrons. The van der Waals surface area contributed by atoms with Gasteiger partial charge in [0, 0.05) is 11.9 Å². The fraction of sp³-hybridized carbons (Fsp3) is 0.364. The molecular weight excluding hydrogens is 242 g/mol. The summed E-state index contributed by atoms with van der Waals surface area (Å²) in [7, 11) is -3.28. The molecule has 0 radical (unpaired) electrons. The topological polar surface area (TPSA) is 83.5 Å². The summed E-state index contributed by atoms with van der Waals surface area (Å²) in [5.74, 6) is -0.961. The highest BCUT2D eigenvalue weighted by Gasteiger charge is 2.15. The van der Waals surface area contributed by atoms with Crippen LogP contribution in [0.4, 0.5) is 5.69 Å². The Labute approximate surface area is 100 Å². The van der Waals surface area contributed by atoms with Crippen molar-refractivity contribution in [3.63, 3.8) is 0 Å². The summed E-state index contributed by atoms with van der Waals surface area (Å²) in [4.78, 5) is 11.0. The summed E-state index contributed by atoms with van der Waals surface area (Å²) in [5.41, 5.74) is 0.488. The van der Waals surface area contributed by atoms with E-state index in [1.54, 1.807) is 19.1 Å². The number of sulfone groups is 1. The SMILES string of the molecule is CCC(Nc1cccc(S(C)(=O)=O)c1)C(=O)O. The number of hydrogen-bond acceptors (Lipinski definition) is 4. The third-order valence-electron chi connectivity index (χ3n) is 2.31. The van der Waals surface area contributed by atoms with Crippen molar-refractivity contribution < 1.29 is 18.3 Å². The largest absolute Gasteiger partial charge is 0.480 e. The van der Waals surface area contributed by atoms with E-state index in [2.05, 4.69) is 5.32 Å². The van der Waals surface area contributed by atoms with Gasteiger partial charge in [0.2, 0.25) is 0 Å². The Balaban J connectivity index is 2.97. The van der Waals surface area contributed by atoms with Gasteiger partial charge in [-0.1, -0.05) is 13.0 Å². The maximum atomic E-state index is 11.3. The van der Waals surface area contributed by atoms with Crippen molar-refractivity contribution in [2.75, 3.05) is 11.6 Å². The van der Waals surface area contributed by atoms with Gasteiger partial charge >= 0.3 is 5.97 Å². The smallest absolute Gasteiger partial charge is 0.326 e. The Bertz CT molecular complexity index is 510. The fourth-order valence-electron chi connectivity index (χ4n) is 1.36. The predicted octanol–water partition coefficient (Wildman–Crippen LogP) is 1.37. The number of nitrogens with one attached hydrogen (secondary N) is 1. The lowest BCUT2D eigenvalue weighted by molar-refractivity contribution is -0.137. The second-order valence-corrected chi connectivity index (χ2v) is 5.76. The Hall–Kier alpha value is -1.56. The van der Waals surface area contributed by atoms with Gasteiger partial charge in [0.25, 0.3) is 0 Å². The quantitative estimate of drug-likeness (QED) is 0.832. The van der Waals surface area contributed by atoms with Crippen LogP contribution < -0.4 is 5.32 Å². The number of carboxylic acid groups (broad SMARTS) is 1. The van der Waals surface area contributed by atoms with Crippen molar-refractivity contribution >= 4 is 21.5 Å². The van der Waals surface area contributed by atoms with Gasteiger partial charge in [0.15, 0.2) is 9.84 Å². The lowest BCUT2D eigenvalue weighted by Crippen LogP contribution is -2.28. The summed E-state index contributed by atoms with van der Waals surface area (Å²) in [6, 6.07) is 5.40. The molecule has 0 amide bonds. The third kappa shape index (κ3) is 3.74. The minimum atomic E-state index is -3.28. The predicted molar refractivity (Wildman–Crippen MR) is 64.9 cm³/mol. The molecule has 2 N–H and O–H groups in total. The average Bonchev–Trinajstić information content (AvgIpc) is 2.24. The molecule has 5 nitrogen and oxygen atoms in total. The van der Waals surface area contributed by atoms with Crippen LogP contribution in [-0.2, 0) is 14.6 Å². The number of carboxylic acids is 1. The Morgan fingerprint density at radius 1 is 1.47 bits per heavy atom. The maximum absolute atomic E-state index is 11.3. The van der Waals surface area contributed by atoms with Crippen LogP contribution in [0.1, 0.15) is 13.3 Å². The fourth-order valence-corrected chi connectivity index (χ4v) is 2.02. The van der Waals surface area contributed by atoms with Gasteiger partial charge in [-0.25, -0.2) is 13.2 Å². The van der Waals surface area contributed by atoms with E-state index in [0.717, 1.165) is 6.26 Å². The maximum Gasteiger partial charge on any atom is 0.326 e. The number of carbonyl (C=O) groups is 1. The second-order valence-electron chi connectivity index (χ2n) is 3.74. The highest BCUT2D eigenvalue weighted by Crippen LogP contribution is 2.16. The van der Waals surface area contributed by atoms with Crippen LogP contribution in [0.2, 0.25) is 0 Å². The van der Waals surface area contributed by atoms with E-state index in [9.17, 15) is 13.2 Å². The molecule has 0 heterocycles. The van der Waals surface area contributed by atoms with Crippen molar-refractivity contribution in [1.82, 2.24) is 0 Å². The van der Waals surface area contributed by atoms with Gasteiger partial charge in [-0.2, -0.15) is 0 Å². The highest BCUT2D eigenvalue weighted by atomic mass is 32.2. The monoisotopic (exact) mass is 257 g/mol. The summed E-state index contributed by atoms with van der Waals surface area (Å²) < 4.78 is 22.7. The molecule has 6 heteroatoms. The normalized spacial score (nSPS) is 13.1. The first-order valence-corrected chi connectivity index (χ1v) is 7.03. The molecule has 1 aromatic carbocycles. The summed E-state index contributed by atoms with van der Waals surface area (Å²) >= 11 is 0. The number of rotatable bonds is 5. The lowest BCUT2D eigenvalue weighted by Gasteiger charge is -2.14. The standard InChI is InChI=1S/C11H15NO4S/c1-3-10(11(13)14)12-8-5-4-6-9(7-8)17(2,15)16/h4-7,10,12H,3H2,1-2H3,(H,13,14). The van der Waals surface area contributed by atoms with Crippen LogP contribution in [0.25, 0.3) is 0 Å². The molecule has 0 saturated heterocycles. The number of aliphatic carboxylic acids is 1. The molecule has 0 aromatic heterocycles. The highest BCUT2D eigenvalue weighted by molar-refractivity contribution is 7.90. The zero-order valence-corrected chi connectivity index (χ0v) is 10.5. The number of hydrogen-bond donors (Lipinski definition) is 2. The zero-order valence-electron chi connectivity index (χ0n) is 9.67. The molecule has 0 aliphatic rings. The van der Waals surface area contributed by atoms with Crippen LogP contribution in [0.5, 0.6) is 0 Å². The Morgan fingerprint density at radius 2 is 2.12 bits per heavy atom. The molecule has 0 spiro atoms. The lowest BCUT2D eigenvalue weighted by atomic mass is 10.2. The summed E-state index contributed by atoms with van der Waals surface area (Å²) in [5, 5.41) is 11.7. The number of benzene rings is 1. The second kappa shape index (κ2) is 5.18. The van der Waals surface area contributed by atoms with Gasteiger partial charge in [-0.3, -0.25) is 0 Å². The molecule has 1 aromatic rings. The number of anilines is 1. The van der Waals surface area contributed by atoms with Gasteiger partial charge < -0.3 is 10.4 Å². The first kappa shape index (κ1) is 13.5. The molecule has 0 aliphatic carbocycles. The van der Waals surface area contributed by atoms with E-state index in [4.69, 9.17) is 5.11 Å².